The van der Waals surface area contributed by atoms with Gasteiger partial charge in [0.2, 0.25) is 11.8 Å². The van der Waals surface area contributed by atoms with Gasteiger partial charge in [-0.2, -0.15) is 4.98 Å². The largest absolute Gasteiger partial charge is 0.480 e. The van der Waals surface area contributed by atoms with Gasteiger partial charge in [-0.25, -0.2) is 4.98 Å². The Balaban J connectivity index is 1.91. The maximum atomic E-state index is 13.4. The molecule has 0 bridgehead atoms. The second kappa shape index (κ2) is 10.4. The number of hydrogen-bond donors (Lipinski definition) is 2. The first-order valence-electron chi connectivity index (χ1n) is 10.9. The number of aromatic nitrogens is 2. The zero-order valence-electron chi connectivity index (χ0n) is 18.8. The average Bonchev–Trinajstić information content (AvgIpc) is 3.10. The lowest BCUT2D eigenvalue weighted by Gasteiger charge is -2.36. The Morgan fingerprint density at radius 2 is 1.90 bits per heavy atom. The van der Waals surface area contributed by atoms with Gasteiger partial charge in [0.1, 0.15) is 17.0 Å². The van der Waals surface area contributed by atoms with Crippen LogP contribution < -0.4 is 15.4 Å². The van der Waals surface area contributed by atoms with Gasteiger partial charge in [0, 0.05) is 13.7 Å². The minimum atomic E-state index is -0.858. The van der Waals surface area contributed by atoms with Crippen LogP contribution in [0.1, 0.15) is 72.9 Å². The highest BCUT2D eigenvalue weighted by Gasteiger charge is 2.41. The van der Waals surface area contributed by atoms with Gasteiger partial charge in [0.25, 0.3) is 5.91 Å². The SMILES string of the molecule is CCCCNC(=O)C1(NC(=O)c2sc3nc(COC)nc(OC)c3c2C)CCCCC1. The molecule has 8 nitrogen and oxygen atoms in total. The predicted octanol–water partition coefficient (Wildman–Crippen LogP) is 3.50. The van der Waals surface area contributed by atoms with E-state index >= 15 is 0 Å². The second-order valence-corrected chi connectivity index (χ2v) is 9.02. The Labute approximate surface area is 187 Å². The molecule has 9 heteroatoms. The number of unbranched alkanes of at least 4 members (excludes halogenated alkanes) is 1. The van der Waals surface area contributed by atoms with Gasteiger partial charge in [-0.1, -0.05) is 32.6 Å². The van der Waals surface area contributed by atoms with Crippen LogP contribution in [-0.4, -0.2) is 48.1 Å². The number of ether oxygens (including phenoxy) is 2. The number of nitrogens with zero attached hydrogens (tertiary/aromatic N) is 2. The van der Waals surface area contributed by atoms with Crippen LogP contribution in [0.15, 0.2) is 0 Å². The summed E-state index contributed by atoms with van der Waals surface area (Å²) in [5, 5.41) is 6.85. The molecule has 1 aliphatic rings. The summed E-state index contributed by atoms with van der Waals surface area (Å²) >= 11 is 1.29. The number of amides is 2. The molecule has 2 aromatic rings. The normalized spacial score (nSPS) is 15.6. The number of nitrogens with one attached hydrogen (secondary N) is 2. The maximum Gasteiger partial charge on any atom is 0.262 e. The third kappa shape index (κ3) is 4.98. The van der Waals surface area contributed by atoms with Crippen molar-refractivity contribution in [1.29, 1.82) is 0 Å². The average molecular weight is 449 g/mol. The molecule has 0 unspecified atom stereocenters. The summed E-state index contributed by atoms with van der Waals surface area (Å²) in [5.41, 5.74) is -0.0986. The van der Waals surface area contributed by atoms with E-state index in [9.17, 15) is 9.59 Å². The van der Waals surface area contributed by atoms with Crippen molar-refractivity contribution in [2.24, 2.45) is 0 Å². The molecule has 31 heavy (non-hydrogen) atoms. The molecule has 1 saturated carbocycles. The van der Waals surface area contributed by atoms with Crippen molar-refractivity contribution in [1.82, 2.24) is 20.6 Å². The van der Waals surface area contributed by atoms with E-state index < -0.39 is 5.54 Å². The lowest BCUT2D eigenvalue weighted by Crippen LogP contribution is -2.59. The molecular formula is C22H32N4O4S. The third-order valence-corrected chi connectivity index (χ3v) is 6.97. The van der Waals surface area contributed by atoms with Crippen molar-refractivity contribution >= 4 is 33.4 Å². The molecule has 1 aliphatic carbocycles. The molecular weight excluding hydrogens is 416 g/mol. The van der Waals surface area contributed by atoms with E-state index in [4.69, 9.17) is 9.47 Å². The Bertz CT molecular complexity index is 937. The van der Waals surface area contributed by atoms with E-state index in [2.05, 4.69) is 27.5 Å². The second-order valence-electron chi connectivity index (χ2n) is 8.02. The van der Waals surface area contributed by atoms with Crippen molar-refractivity contribution in [2.45, 2.75) is 70.9 Å². The molecule has 1 fully saturated rings. The highest BCUT2D eigenvalue weighted by molar-refractivity contribution is 7.20. The van der Waals surface area contributed by atoms with E-state index in [1.54, 1.807) is 14.2 Å². The van der Waals surface area contributed by atoms with Gasteiger partial charge >= 0.3 is 0 Å². The summed E-state index contributed by atoms with van der Waals surface area (Å²) in [4.78, 5) is 36.5. The number of fused-ring (bicyclic) bond motifs is 1. The monoisotopic (exact) mass is 448 g/mol. The molecule has 170 valence electrons. The third-order valence-electron chi connectivity index (χ3n) is 5.79. The van der Waals surface area contributed by atoms with Crippen LogP contribution in [0, 0.1) is 6.92 Å². The van der Waals surface area contributed by atoms with Crippen LogP contribution in [0.25, 0.3) is 10.2 Å². The van der Waals surface area contributed by atoms with Gasteiger partial charge in [-0.05, 0) is 31.7 Å². The van der Waals surface area contributed by atoms with E-state index in [0.717, 1.165) is 43.1 Å². The molecule has 0 radical (unpaired) electrons. The number of carbonyl (C=O) groups excluding carboxylic acids is 2. The number of methoxy groups -OCH3 is 2. The molecule has 0 aliphatic heterocycles. The zero-order valence-corrected chi connectivity index (χ0v) is 19.6. The van der Waals surface area contributed by atoms with Gasteiger partial charge in [-0.15, -0.1) is 11.3 Å². The minimum Gasteiger partial charge on any atom is -0.480 e. The Morgan fingerprint density at radius 1 is 1.16 bits per heavy atom. The first kappa shape index (κ1) is 23.4. The Morgan fingerprint density at radius 3 is 2.55 bits per heavy atom. The summed E-state index contributed by atoms with van der Waals surface area (Å²) < 4.78 is 10.6. The van der Waals surface area contributed by atoms with E-state index in [1.807, 2.05) is 6.92 Å². The zero-order chi connectivity index (χ0) is 22.4. The van der Waals surface area contributed by atoms with Crippen molar-refractivity contribution in [2.75, 3.05) is 20.8 Å². The highest BCUT2D eigenvalue weighted by Crippen LogP contribution is 2.36. The predicted molar refractivity (Wildman–Crippen MR) is 121 cm³/mol. The molecule has 3 rings (SSSR count). The maximum absolute atomic E-state index is 13.4. The Kier molecular flexibility index (Phi) is 7.83. The molecule has 2 aromatic heterocycles. The quantitative estimate of drug-likeness (QED) is 0.569. The van der Waals surface area contributed by atoms with Crippen molar-refractivity contribution in [3.63, 3.8) is 0 Å². The van der Waals surface area contributed by atoms with Crippen LogP contribution in [0.2, 0.25) is 0 Å². The van der Waals surface area contributed by atoms with Crippen LogP contribution in [-0.2, 0) is 16.1 Å². The van der Waals surface area contributed by atoms with Crippen LogP contribution >= 0.6 is 11.3 Å². The van der Waals surface area contributed by atoms with E-state index in [0.29, 0.717) is 40.8 Å². The van der Waals surface area contributed by atoms with Crippen molar-refractivity contribution in [3.05, 3.63) is 16.3 Å². The fraction of sp³-hybridized carbons (Fsp3) is 0.636. The number of hydrogen-bond acceptors (Lipinski definition) is 7. The fourth-order valence-corrected chi connectivity index (χ4v) is 5.17. The lowest BCUT2D eigenvalue weighted by molar-refractivity contribution is -0.128. The topological polar surface area (TPSA) is 102 Å². The standard InChI is InChI=1S/C22H32N4O4S/c1-5-6-12-23-21(28)22(10-8-7-9-11-22)26-18(27)17-14(2)16-19(30-4)24-15(13-29-3)25-20(16)31-17/h5-13H2,1-4H3,(H,23,28)(H,26,27). The molecule has 2 N–H and O–H groups in total. The molecule has 0 saturated heterocycles. The van der Waals surface area contributed by atoms with Crippen LogP contribution in [0.4, 0.5) is 0 Å². The molecule has 0 atom stereocenters. The summed E-state index contributed by atoms with van der Waals surface area (Å²) in [6.07, 6.45) is 6.17. The van der Waals surface area contributed by atoms with Crippen molar-refractivity contribution < 1.29 is 19.1 Å². The van der Waals surface area contributed by atoms with Crippen molar-refractivity contribution in [3.8, 4) is 5.88 Å². The molecule has 2 heterocycles. The number of aryl methyl sites for hydroxylation is 1. The van der Waals surface area contributed by atoms with Gasteiger partial charge in [0.05, 0.1) is 17.4 Å². The summed E-state index contributed by atoms with van der Waals surface area (Å²) in [6, 6.07) is 0. The van der Waals surface area contributed by atoms with E-state index in [1.165, 1.54) is 11.3 Å². The Hall–Kier alpha value is -2.26. The van der Waals surface area contributed by atoms with Gasteiger partial charge < -0.3 is 20.1 Å². The highest BCUT2D eigenvalue weighted by atomic mass is 32.1. The van der Waals surface area contributed by atoms with Crippen LogP contribution in [0.5, 0.6) is 5.88 Å². The molecule has 0 aromatic carbocycles. The molecule has 0 spiro atoms. The fourth-order valence-electron chi connectivity index (χ4n) is 4.09. The number of carbonyl (C=O) groups is 2. The first-order chi connectivity index (χ1) is 15.0. The number of thiophene rings is 1. The smallest absolute Gasteiger partial charge is 0.262 e. The summed E-state index contributed by atoms with van der Waals surface area (Å²) in [5.74, 6) is 0.601. The number of rotatable bonds is 9. The van der Waals surface area contributed by atoms with Gasteiger partial charge in [0.15, 0.2) is 5.82 Å². The first-order valence-corrected chi connectivity index (χ1v) is 11.7. The minimum absolute atomic E-state index is 0.0764. The lowest BCUT2D eigenvalue weighted by atomic mass is 9.80. The summed E-state index contributed by atoms with van der Waals surface area (Å²) in [6.45, 7) is 4.84. The van der Waals surface area contributed by atoms with Crippen LogP contribution in [0.3, 0.4) is 0 Å². The van der Waals surface area contributed by atoms with E-state index in [-0.39, 0.29) is 18.4 Å². The van der Waals surface area contributed by atoms with Gasteiger partial charge in [-0.3, -0.25) is 9.59 Å². The molecule has 2 amide bonds. The summed E-state index contributed by atoms with van der Waals surface area (Å²) in [7, 11) is 3.13.